The molecule has 0 radical (unpaired) electrons. The lowest BCUT2D eigenvalue weighted by Gasteiger charge is -2.06. The molecule has 18 heavy (non-hydrogen) atoms. The second-order valence-corrected chi connectivity index (χ2v) is 4.34. The van der Waals surface area contributed by atoms with Crippen molar-refractivity contribution in [3.8, 4) is 5.75 Å². The smallest absolute Gasteiger partial charge is 0.355 e. The van der Waals surface area contributed by atoms with Gasteiger partial charge in [-0.05, 0) is 34.1 Å². The normalized spacial score (nSPS) is 10.4. The molecule has 0 unspecified atom stereocenters. The maximum Gasteiger partial charge on any atom is 0.355 e. The van der Waals surface area contributed by atoms with E-state index in [1.54, 1.807) is 18.2 Å². The lowest BCUT2D eigenvalue weighted by molar-refractivity contribution is 0.0593. The number of carbonyl (C=O) groups is 1. The summed E-state index contributed by atoms with van der Waals surface area (Å²) in [4.78, 5) is 26.5. The average molecular weight is 312 g/mol. The van der Waals surface area contributed by atoms with Gasteiger partial charge in [0.05, 0.1) is 29.6 Å². The van der Waals surface area contributed by atoms with Crippen molar-refractivity contribution < 1.29 is 14.3 Å². The number of carbonyl (C=O) groups excluding carboxylic acids is 1. The highest BCUT2D eigenvalue weighted by Gasteiger charge is 2.16. The first kappa shape index (κ1) is 12.6. The van der Waals surface area contributed by atoms with Crippen LogP contribution in [0.5, 0.6) is 5.75 Å². The third kappa shape index (κ3) is 1.99. The Hall–Kier alpha value is -1.82. The van der Waals surface area contributed by atoms with Gasteiger partial charge < -0.3 is 14.5 Å². The first-order valence-electron chi connectivity index (χ1n) is 5.06. The maximum absolute atomic E-state index is 12.1. The van der Waals surface area contributed by atoms with Crippen molar-refractivity contribution in [1.82, 2.24) is 4.98 Å². The van der Waals surface area contributed by atoms with E-state index in [0.717, 1.165) is 0 Å². The van der Waals surface area contributed by atoms with Crippen molar-refractivity contribution in [3.05, 3.63) is 38.6 Å². The van der Waals surface area contributed by atoms with E-state index in [2.05, 4.69) is 25.7 Å². The minimum atomic E-state index is -0.600. The van der Waals surface area contributed by atoms with Crippen LogP contribution in [0, 0.1) is 0 Å². The van der Waals surface area contributed by atoms with E-state index in [1.165, 1.54) is 14.2 Å². The van der Waals surface area contributed by atoms with Gasteiger partial charge in [-0.3, -0.25) is 4.79 Å². The number of benzene rings is 1. The van der Waals surface area contributed by atoms with Crippen LogP contribution in [0.1, 0.15) is 10.5 Å². The van der Waals surface area contributed by atoms with Crippen molar-refractivity contribution >= 4 is 32.8 Å². The van der Waals surface area contributed by atoms with Crippen LogP contribution >= 0.6 is 15.9 Å². The fourth-order valence-electron chi connectivity index (χ4n) is 1.61. The fourth-order valence-corrected chi connectivity index (χ4v) is 2.09. The van der Waals surface area contributed by atoms with Crippen LogP contribution in [-0.2, 0) is 4.74 Å². The zero-order valence-corrected chi connectivity index (χ0v) is 11.3. The predicted molar refractivity (Wildman–Crippen MR) is 70.2 cm³/mol. The molecule has 0 atom stereocenters. The summed E-state index contributed by atoms with van der Waals surface area (Å²) in [6.45, 7) is 0. The van der Waals surface area contributed by atoms with Gasteiger partial charge in [0.25, 0.3) is 0 Å². The monoisotopic (exact) mass is 311 g/mol. The fraction of sp³-hybridized carbons (Fsp3) is 0.167. The number of nitrogens with one attached hydrogen (secondary N) is 1. The molecule has 94 valence electrons. The number of ether oxygens (including phenoxy) is 2. The number of methoxy groups -OCH3 is 2. The first-order chi connectivity index (χ1) is 8.58. The van der Waals surface area contributed by atoms with Crippen LogP contribution in [0.2, 0.25) is 0 Å². The van der Waals surface area contributed by atoms with Crippen molar-refractivity contribution in [2.45, 2.75) is 0 Å². The molecule has 0 saturated carbocycles. The number of rotatable bonds is 2. The van der Waals surface area contributed by atoms with Crippen LogP contribution in [0.25, 0.3) is 10.9 Å². The van der Waals surface area contributed by atoms with Gasteiger partial charge in [-0.25, -0.2) is 4.79 Å². The van der Waals surface area contributed by atoms with Gasteiger partial charge in [-0.2, -0.15) is 0 Å². The molecule has 2 aromatic rings. The predicted octanol–water partition coefficient (Wildman–Crippen LogP) is 2.09. The topological polar surface area (TPSA) is 68.4 Å². The molecule has 0 amide bonds. The number of hydrogen-bond acceptors (Lipinski definition) is 4. The number of hydrogen-bond donors (Lipinski definition) is 1. The summed E-state index contributed by atoms with van der Waals surface area (Å²) in [5, 5.41) is 0.439. The quantitative estimate of drug-likeness (QED) is 0.862. The van der Waals surface area contributed by atoms with Gasteiger partial charge in [0.1, 0.15) is 11.4 Å². The highest BCUT2D eigenvalue weighted by atomic mass is 79.9. The first-order valence-corrected chi connectivity index (χ1v) is 5.85. The lowest BCUT2D eigenvalue weighted by Crippen LogP contribution is -2.14. The summed E-state index contributed by atoms with van der Waals surface area (Å²) in [5.74, 6) is -0.0255. The van der Waals surface area contributed by atoms with Crippen LogP contribution in [0.4, 0.5) is 0 Å². The van der Waals surface area contributed by atoms with Crippen LogP contribution < -0.4 is 10.2 Å². The molecule has 1 N–H and O–H groups in total. The summed E-state index contributed by atoms with van der Waals surface area (Å²) in [6, 6.07) is 4.99. The van der Waals surface area contributed by atoms with E-state index in [-0.39, 0.29) is 15.6 Å². The Kier molecular flexibility index (Phi) is 3.38. The third-order valence-electron chi connectivity index (χ3n) is 2.54. The lowest BCUT2D eigenvalue weighted by atomic mass is 10.2. The summed E-state index contributed by atoms with van der Waals surface area (Å²) < 4.78 is 9.81. The molecular weight excluding hydrogens is 302 g/mol. The third-order valence-corrected chi connectivity index (χ3v) is 3.30. The molecule has 0 aliphatic rings. The molecule has 1 heterocycles. The van der Waals surface area contributed by atoms with Crippen molar-refractivity contribution in [1.29, 1.82) is 0 Å². The Labute approximate surface area is 111 Å². The summed E-state index contributed by atoms with van der Waals surface area (Å²) in [5.41, 5.74) is 0.354. The van der Waals surface area contributed by atoms with E-state index in [9.17, 15) is 9.59 Å². The SMILES string of the molecule is COC(=O)c1[nH]c2ccc(OC)cc2c(=O)c1Br. The van der Waals surface area contributed by atoms with E-state index in [4.69, 9.17) is 4.74 Å². The molecule has 2 rings (SSSR count). The molecule has 6 heteroatoms. The summed E-state index contributed by atoms with van der Waals surface area (Å²) in [7, 11) is 2.78. The largest absolute Gasteiger partial charge is 0.497 e. The number of H-pyrrole nitrogens is 1. The zero-order chi connectivity index (χ0) is 13.3. The summed E-state index contributed by atoms with van der Waals surface area (Å²) >= 11 is 3.10. The number of halogens is 1. The molecule has 1 aromatic carbocycles. The minimum Gasteiger partial charge on any atom is -0.497 e. The van der Waals surface area contributed by atoms with Gasteiger partial charge >= 0.3 is 5.97 Å². The maximum atomic E-state index is 12.1. The molecule has 0 bridgehead atoms. The van der Waals surface area contributed by atoms with Crippen molar-refractivity contribution in [3.63, 3.8) is 0 Å². The second kappa shape index (κ2) is 4.81. The molecule has 0 saturated heterocycles. The molecule has 0 fully saturated rings. The Bertz CT molecular complexity index is 678. The van der Waals surface area contributed by atoms with Crippen molar-refractivity contribution in [2.24, 2.45) is 0 Å². The van der Waals surface area contributed by atoms with E-state index in [0.29, 0.717) is 16.7 Å². The Morgan fingerprint density at radius 1 is 1.33 bits per heavy atom. The molecule has 0 aliphatic heterocycles. The highest BCUT2D eigenvalue weighted by molar-refractivity contribution is 9.10. The van der Waals surface area contributed by atoms with Gasteiger partial charge in [0.15, 0.2) is 0 Å². The van der Waals surface area contributed by atoms with E-state index in [1.807, 2.05) is 0 Å². The minimum absolute atomic E-state index is 0.0974. The second-order valence-electron chi connectivity index (χ2n) is 3.55. The molecule has 0 aliphatic carbocycles. The average Bonchev–Trinajstić information content (AvgIpc) is 2.41. The molecule has 0 spiro atoms. The highest BCUT2D eigenvalue weighted by Crippen LogP contribution is 2.20. The number of esters is 1. The Balaban J connectivity index is 2.79. The Morgan fingerprint density at radius 2 is 2.06 bits per heavy atom. The number of aromatic amines is 1. The van der Waals surface area contributed by atoms with Gasteiger partial charge in [-0.15, -0.1) is 0 Å². The zero-order valence-electron chi connectivity index (χ0n) is 9.74. The van der Waals surface area contributed by atoms with E-state index < -0.39 is 5.97 Å². The van der Waals surface area contributed by atoms with E-state index >= 15 is 0 Å². The van der Waals surface area contributed by atoms with Crippen LogP contribution in [0.15, 0.2) is 27.5 Å². The molecule has 5 nitrogen and oxygen atoms in total. The van der Waals surface area contributed by atoms with Gasteiger partial charge in [0, 0.05) is 0 Å². The number of pyridine rings is 1. The van der Waals surface area contributed by atoms with Gasteiger partial charge in [-0.1, -0.05) is 0 Å². The summed E-state index contributed by atoms with van der Waals surface area (Å²) in [6.07, 6.45) is 0. The van der Waals surface area contributed by atoms with Gasteiger partial charge in [0.2, 0.25) is 5.43 Å². The number of fused-ring (bicyclic) bond motifs is 1. The standard InChI is InChI=1S/C12H10BrNO4/c1-17-6-3-4-8-7(5-6)11(15)9(13)10(14-8)12(16)18-2/h3-5H,1-2H3,(H,14,15). The Morgan fingerprint density at radius 3 is 2.67 bits per heavy atom. The molecule has 1 aromatic heterocycles. The van der Waals surface area contributed by atoms with Crippen molar-refractivity contribution in [2.75, 3.05) is 14.2 Å². The van der Waals surface area contributed by atoms with Crippen LogP contribution in [-0.4, -0.2) is 25.2 Å². The van der Waals surface area contributed by atoms with Crippen LogP contribution in [0.3, 0.4) is 0 Å². The molecular formula is C12H10BrNO4. The number of aromatic nitrogens is 1.